The van der Waals surface area contributed by atoms with Crippen molar-refractivity contribution >= 4 is 33.5 Å². The molecule has 0 aliphatic carbocycles. The van der Waals surface area contributed by atoms with E-state index in [1.54, 1.807) is 43.1 Å². The quantitative estimate of drug-likeness (QED) is 0.282. The van der Waals surface area contributed by atoms with E-state index in [0.717, 1.165) is 39.5 Å². The van der Waals surface area contributed by atoms with Gasteiger partial charge in [-0.2, -0.15) is 5.10 Å². The van der Waals surface area contributed by atoms with Crippen molar-refractivity contribution in [1.29, 1.82) is 0 Å². The van der Waals surface area contributed by atoms with Crippen LogP contribution in [-0.2, 0) is 4.79 Å². The Hall–Kier alpha value is -4.99. The van der Waals surface area contributed by atoms with Crippen molar-refractivity contribution in [2.45, 2.75) is 19.8 Å². The smallest absolute Gasteiger partial charge is 0.224 e. The molecule has 37 heavy (non-hydrogen) atoms. The Morgan fingerprint density at radius 1 is 0.973 bits per heavy atom. The van der Waals surface area contributed by atoms with Crippen molar-refractivity contribution in [3.8, 4) is 33.9 Å². The lowest BCUT2D eigenvalue weighted by Crippen LogP contribution is -2.10. The molecule has 0 fully saturated rings. The van der Waals surface area contributed by atoms with E-state index < -0.39 is 0 Å². The standard InChI is InChI=1S/C27H21FN8O/c1-2-3-24(37)32-18-8-16(10-29-11-18)21-9-19-22(14-31-21)35-36-26(19)27-33-23-13-30-12-20(25(23)34-27)15-4-6-17(28)7-5-15/h4-14H,2-3H2,1H3,(H,32,37)(H,33,34)(H,35,36). The van der Waals surface area contributed by atoms with Gasteiger partial charge in [-0.3, -0.25) is 24.8 Å². The number of amides is 1. The molecule has 182 valence electrons. The highest BCUT2D eigenvalue weighted by atomic mass is 19.1. The summed E-state index contributed by atoms with van der Waals surface area (Å²) in [5.74, 6) is 0.206. The van der Waals surface area contributed by atoms with Crippen LogP contribution in [0.15, 0.2) is 67.4 Å². The molecule has 0 aliphatic heterocycles. The first-order valence-electron chi connectivity index (χ1n) is 11.8. The molecule has 9 nitrogen and oxygen atoms in total. The lowest BCUT2D eigenvalue weighted by Gasteiger charge is -2.06. The van der Waals surface area contributed by atoms with Crippen molar-refractivity contribution in [3.63, 3.8) is 0 Å². The molecule has 0 bridgehead atoms. The van der Waals surface area contributed by atoms with Crippen LogP contribution in [0.5, 0.6) is 0 Å². The minimum atomic E-state index is -0.303. The number of aromatic amines is 2. The van der Waals surface area contributed by atoms with E-state index in [1.165, 1.54) is 12.1 Å². The highest BCUT2D eigenvalue weighted by Gasteiger charge is 2.17. The number of nitrogens with zero attached hydrogens (tertiary/aromatic N) is 5. The number of fused-ring (bicyclic) bond motifs is 2. The highest BCUT2D eigenvalue weighted by Crippen LogP contribution is 2.32. The SMILES string of the molecule is CCCC(=O)Nc1cncc(-c2cc3c(-c4nc5c(-c6ccc(F)cc6)cncc5[nH]4)n[nH]c3cn2)c1. The summed E-state index contributed by atoms with van der Waals surface area (Å²) in [5.41, 5.74) is 6.48. The number of rotatable bonds is 6. The van der Waals surface area contributed by atoms with E-state index in [1.807, 2.05) is 19.1 Å². The number of halogens is 1. The van der Waals surface area contributed by atoms with E-state index in [4.69, 9.17) is 4.98 Å². The second kappa shape index (κ2) is 9.23. The summed E-state index contributed by atoms with van der Waals surface area (Å²) in [6.45, 7) is 1.96. The minimum absolute atomic E-state index is 0.0543. The van der Waals surface area contributed by atoms with Gasteiger partial charge in [0.05, 0.1) is 46.5 Å². The van der Waals surface area contributed by atoms with Gasteiger partial charge in [-0.05, 0) is 36.2 Å². The van der Waals surface area contributed by atoms with Crippen LogP contribution in [0.3, 0.4) is 0 Å². The van der Waals surface area contributed by atoms with Crippen LogP contribution in [-0.4, -0.2) is 41.0 Å². The Balaban J connectivity index is 1.40. The first-order valence-corrected chi connectivity index (χ1v) is 11.8. The number of hydrogen-bond donors (Lipinski definition) is 3. The van der Waals surface area contributed by atoms with Crippen molar-refractivity contribution in [3.05, 3.63) is 73.2 Å². The van der Waals surface area contributed by atoms with Gasteiger partial charge in [0, 0.05) is 35.3 Å². The van der Waals surface area contributed by atoms with Gasteiger partial charge < -0.3 is 10.3 Å². The summed E-state index contributed by atoms with van der Waals surface area (Å²) < 4.78 is 13.4. The highest BCUT2D eigenvalue weighted by molar-refractivity contribution is 5.97. The Kier molecular flexibility index (Phi) is 5.61. The molecule has 10 heteroatoms. The van der Waals surface area contributed by atoms with Gasteiger partial charge >= 0.3 is 0 Å². The molecular formula is C27H21FN8O. The van der Waals surface area contributed by atoms with Gasteiger partial charge in [-0.1, -0.05) is 19.1 Å². The first kappa shape index (κ1) is 22.5. The van der Waals surface area contributed by atoms with Crippen LogP contribution in [0, 0.1) is 5.82 Å². The number of benzene rings is 1. The third-order valence-corrected chi connectivity index (χ3v) is 6.02. The van der Waals surface area contributed by atoms with Gasteiger partial charge in [0.2, 0.25) is 5.91 Å². The summed E-state index contributed by atoms with van der Waals surface area (Å²) in [4.78, 5) is 33.3. The number of anilines is 1. The molecular weight excluding hydrogens is 471 g/mol. The van der Waals surface area contributed by atoms with E-state index in [0.29, 0.717) is 34.8 Å². The van der Waals surface area contributed by atoms with Crippen LogP contribution < -0.4 is 5.32 Å². The van der Waals surface area contributed by atoms with Gasteiger partial charge in [-0.25, -0.2) is 9.37 Å². The largest absolute Gasteiger partial charge is 0.335 e. The van der Waals surface area contributed by atoms with E-state index >= 15 is 0 Å². The zero-order valence-corrected chi connectivity index (χ0v) is 19.8. The Morgan fingerprint density at radius 3 is 2.65 bits per heavy atom. The number of H-pyrrole nitrogens is 2. The molecule has 3 N–H and O–H groups in total. The van der Waals surface area contributed by atoms with E-state index in [9.17, 15) is 9.18 Å². The van der Waals surface area contributed by atoms with Gasteiger partial charge in [-0.15, -0.1) is 0 Å². The second-order valence-corrected chi connectivity index (χ2v) is 8.62. The molecule has 1 amide bonds. The van der Waals surface area contributed by atoms with Crippen molar-refractivity contribution in [1.82, 2.24) is 35.1 Å². The van der Waals surface area contributed by atoms with Gasteiger partial charge in [0.25, 0.3) is 0 Å². The molecule has 6 rings (SSSR count). The summed E-state index contributed by atoms with van der Waals surface area (Å²) in [6.07, 6.45) is 9.64. The molecule has 1 aromatic carbocycles. The average molecular weight is 493 g/mol. The number of hydrogen-bond acceptors (Lipinski definition) is 6. The third kappa shape index (κ3) is 4.29. The Bertz CT molecular complexity index is 1760. The van der Waals surface area contributed by atoms with Crippen LogP contribution in [0.25, 0.3) is 55.8 Å². The molecule has 0 unspecified atom stereocenters. The topological polar surface area (TPSA) is 125 Å². The van der Waals surface area contributed by atoms with Crippen LogP contribution in [0.4, 0.5) is 10.1 Å². The molecule has 0 spiro atoms. The number of imidazole rings is 1. The molecule has 5 aromatic heterocycles. The molecule has 6 aromatic rings. The van der Waals surface area contributed by atoms with Gasteiger partial charge in [0.1, 0.15) is 11.5 Å². The van der Waals surface area contributed by atoms with E-state index in [-0.39, 0.29) is 11.7 Å². The Labute approximate surface area is 210 Å². The van der Waals surface area contributed by atoms with Crippen LogP contribution >= 0.6 is 0 Å². The third-order valence-electron chi connectivity index (χ3n) is 6.02. The maximum Gasteiger partial charge on any atom is 0.224 e. The molecule has 5 heterocycles. The maximum atomic E-state index is 13.4. The second-order valence-electron chi connectivity index (χ2n) is 8.62. The zero-order chi connectivity index (χ0) is 25.4. The maximum absolute atomic E-state index is 13.4. The lowest BCUT2D eigenvalue weighted by atomic mass is 10.1. The summed E-state index contributed by atoms with van der Waals surface area (Å²) in [5, 5.41) is 11.2. The molecule has 0 radical (unpaired) electrons. The van der Waals surface area contributed by atoms with Crippen molar-refractivity contribution in [2.24, 2.45) is 0 Å². The first-order chi connectivity index (χ1) is 18.1. The van der Waals surface area contributed by atoms with Crippen LogP contribution in [0.1, 0.15) is 19.8 Å². The predicted octanol–water partition coefficient (Wildman–Crippen LogP) is 5.50. The number of carbonyl (C=O) groups is 1. The number of carbonyl (C=O) groups excluding carboxylic acids is 1. The molecule has 0 saturated carbocycles. The predicted molar refractivity (Wildman–Crippen MR) is 139 cm³/mol. The fourth-order valence-corrected chi connectivity index (χ4v) is 4.24. The molecule has 0 saturated heterocycles. The summed E-state index contributed by atoms with van der Waals surface area (Å²) in [7, 11) is 0. The normalized spacial score (nSPS) is 11.3. The molecule has 0 aliphatic rings. The summed E-state index contributed by atoms with van der Waals surface area (Å²) in [6, 6.07) is 9.99. The monoisotopic (exact) mass is 492 g/mol. The van der Waals surface area contributed by atoms with E-state index in [2.05, 4.69) is 35.5 Å². The van der Waals surface area contributed by atoms with Crippen molar-refractivity contribution in [2.75, 3.05) is 5.32 Å². The number of aromatic nitrogens is 7. The molecule has 0 atom stereocenters. The van der Waals surface area contributed by atoms with Crippen molar-refractivity contribution < 1.29 is 9.18 Å². The summed E-state index contributed by atoms with van der Waals surface area (Å²) >= 11 is 0. The van der Waals surface area contributed by atoms with Gasteiger partial charge in [0.15, 0.2) is 5.82 Å². The number of nitrogens with one attached hydrogen (secondary N) is 3. The minimum Gasteiger partial charge on any atom is -0.335 e. The van der Waals surface area contributed by atoms with Crippen LogP contribution in [0.2, 0.25) is 0 Å². The zero-order valence-electron chi connectivity index (χ0n) is 19.8. The fourth-order valence-electron chi connectivity index (χ4n) is 4.24. The lowest BCUT2D eigenvalue weighted by molar-refractivity contribution is -0.116. The number of pyridine rings is 3. The fraction of sp³-hybridized carbons (Fsp3) is 0.111. The Morgan fingerprint density at radius 2 is 1.81 bits per heavy atom. The average Bonchev–Trinajstić information content (AvgIpc) is 3.53.